The van der Waals surface area contributed by atoms with Gasteiger partial charge >= 0.3 is 0 Å². The molecule has 2 heterocycles. The van der Waals surface area contributed by atoms with E-state index in [1.165, 1.54) is 0 Å². The van der Waals surface area contributed by atoms with Crippen LogP contribution in [0.1, 0.15) is 17.0 Å². The number of carbonyl (C=O) groups is 1. The molecule has 6 heteroatoms. The van der Waals surface area contributed by atoms with Gasteiger partial charge in [0.1, 0.15) is 5.76 Å². The Morgan fingerprint density at radius 2 is 2.17 bits per heavy atom. The summed E-state index contributed by atoms with van der Waals surface area (Å²) in [4.78, 5) is 12.1. The predicted octanol–water partition coefficient (Wildman–Crippen LogP) is 3.26. The fourth-order valence-corrected chi connectivity index (χ4v) is 2.81. The van der Waals surface area contributed by atoms with Gasteiger partial charge in [-0.1, -0.05) is 22.8 Å². The van der Waals surface area contributed by atoms with Gasteiger partial charge in [-0.3, -0.25) is 4.79 Å². The van der Waals surface area contributed by atoms with E-state index >= 15 is 0 Å². The fraction of sp³-hybridized carbons (Fsp3) is 0.294. The summed E-state index contributed by atoms with van der Waals surface area (Å²) in [6, 6.07) is 7.84. The Bertz CT molecular complexity index is 831. The molecule has 0 unspecified atom stereocenters. The first kappa shape index (κ1) is 15.6. The molecule has 0 saturated heterocycles. The molecule has 2 aromatic heterocycles. The van der Waals surface area contributed by atoms with Gasteiger partial charge < -0.3 is 14.4 Å². The van der Waals surface area contributed by atoms with Crippen molar-refractivity contribution in [3.63, 3.8) is 0 Å². The molecule has 0 aliphatic carbocycles. The molecular formula is C17H18ClN3O2. The van der Waals surface area contributed by atoms with E-state index in [1.807, 2.05) is 44.3 Å². The molecule has 1 amide bonds. The number of nitrogens with zero attached hydrogens (tertiary/aromatic N) is 2. The Labute approximate surface area is 139 Å². The third-order valence-corrected chi connectivity index (χ3v) is 4.16. The first-order valence-corrected chi connectivity index (χ1v) is 7.85. The molecule has 0 aliphatic heterocycles. The molecule has 3 rings (SSSR count). The zero-order valence-electron chi connectivity index (χ0n) is 13.1. The molecule has 0 bridgehead atoms. The number of rotatable bonds is 5. The van der Waals surface area contributed by atoms with Crippen LogP contribution >= 0.6 is 11.6 Å². The van der Waals surface area contributed by atoms with Crippen LogP contribution in [0.2, 0.25) is 5.02 Å². The van der Waals surface area contributed by atoms with Crippen LogP contribution in [-0.4, -0.2) is 22.2 Å². The van der Waals surface area contributed by atoms with Gasteiger partial charge in [0.15, 0.2) is 0 Å². The molecular weight excluding hydrogens is 314 g/mol. The van der Waals surface area contributed by atoms with Crippen LogP contribution in [0.5, 0.6) is 0 Å². The van der Waals surface area contributed by atoms with Gasteiger partial charge in [0, 0.05) is 35.4 Å². The molecule has 3 aromatic rings. The van der Waals surface area contributed by atoms with Crippen molar-refractivity contribution in [1.82, 2.24) is 15.0 Å². The number of fused-ring (bicyclic) bond motifs is 1. The Hall–Kier alpha value is -2.27. The Morgan fingerprint density at radius 1 is 1.35 bits per heavy atom. The van der Waals surface area contributed by atoms with Crippen LogP contribution < -0.4 is 5.32 Å². The van der Waals surface area contributed by atoms with Gasteiger partial charge in [-0.2, -0.15) is 0 Å². The Morgan fingerprint density at radius 3 is 2.91 bits per heavy atom. The lowest BCUT2D eigenvalue weighted by Crippen LogP contribution is -2.28. The molecule has 0 spiro atoms. The van der Waals surface area contributed by atoms with Crippen molar-refractivity contribution in [1.29, 1.82) is 0 Å². The highest BCUT2D eigenvalue weighted by Gasteiger charge is 2.13. The molecule has 0 aliphatic rings. The second-order valence-electron chi connectivity index (χ2n) is 5.54. The topological polar surface area (TPSA) is 60.1 Å². The van der Waals surface area contributed by atoms with Crippen LogP contribution in [0, 0.1) is 13.8 Å². The zero-order chi connectivity index (χ0) is 16.4. The minimum absolute atomic E-state index is 0.0334. The van der Waals surface area contributed by atoms with Crippen molar-refractivity contribution in [2.45, 2.75) is 26.8 Å². The van der Waals surface area contributed by atoms with Crippen molar-refractivity contribution in [3.8, 4) is 0 Å². The van der Waals surface area contributed by atoms with Crippen molar-refractivity contribution in [2.24, 2.45) is 0 Å². The smallest absolute Gasteiger partial charge is 0.224 e. The lowest BCUT2D eigenvalue weighted by atomic mass is 10.1. The standard InChI is InChI=1S/C17H18ClN3O2/c1-11-15(12(2)23-20-11)10-17(22)19-6-8-21-7-5-13-3-4-14(18)9-16(13)21/h3-5,7,9H,6,8,10H2,1-2H3,(H,19,22). The van der Waals surface area contributed by atoms with E-state index in [4.69, 9.17) is 16.1 Å². The summed E-state index contributed by atoms with van der Waals surface area (Å²) in [6.45, 7) is 4.91. The second-order valence-corrected chi connectivity index (χ2v) is 5.98. The third kappa shape index (κ3) is 3.40. The number of aromatic nitrogens is 2. The minimum atomic E-state index is -0.0334. The quantitative estimate of drug-likeness (QED) is 0.780. The average Bonchev–Trinajstić information content (AvgIpc) is 3.05. The normalized spacial score (nSPS) is 11.1. The monoisotopic (exact) mass is 331 g/mol. The molecule has 5 nitrogen and oxygen atoms in total. The molecule has 0 saturated carbocycles. The predicted molar refractivity (Wildman–Crippen MR) is 89.6 cm³/mol. The SMILES string of the molecule is Cc1noc(C)c1CC(=O)NCCn1ccc2ccc(Cl)cc21. The summed E-state index contributed by atoms with van der Waals surface area (Å²) in [5.74, 6) is 0.664. The Balaban J connectivity index is 1.58. The van der Waals surface area contributed by atoms with E-state index in [2.05, 4.69) is 15.0 Å². The number of benzene rings is 1. The zero-order valence-corrected chi connectivity index (χ0v) is 13.9. The summed E-state index contributed by atoms with van der Waals surface area (Å²) in [5.41, 5.74) is 2.70. The highest BCUT2D eigenvalue weighted by molar-refractivity contribution is 6.31. The molecule has 0 radical (unpaired) electrons. The fourth-order valence-electron chi connectivity index (χ4n) is 2.65. The van der Waals surface area contributed by atoms with E-state index in [1.54, 1.807) is 0 Å². The minimum Gasteiger partial charge on any atom is -0.361 e. The van der Waals surface area contributed by atoms with E-state index < -0.39 is 0 Å². The maximum atomic E-state index is 12.1. The van der Waals surface area contributed by atoms with Crippen LogP contribution in [0.25, 0.3) is 10.9 Å². The summed E-state index contributed by atoms with van der Waals surface area (Å²) in [7, 11) is 0. The van der Waals surface area contributed by atoms with Crippen molar-refractivity contribution in [2.75, 3.05) is 6.54 Å². The highest BCUT2D eigenvalue weighted by Crippen LogP contribution is 2.20. The molecule has 0 atom stereocenters. The number of halogens is 1. The Kier molecular flexibility index (Phi) is 4.39. The van der Waals surface area contributed by atoms with Crippen molar-refractivity contribution < 1.29 is 9.32 Å². The summed E-state index contributed by atoms with van der Waals surface area (Å²) < 4.78 is 7.15. The number of hydrogen-bond donors (Lipinski definition) is 1. The molecule has 1 aromatic carbocycles. The summed E-state index contributed by atoms with van der Waals surface area (Å²) in [5, 5.41) is 8.64. The lowest BCUT2D eigenvalue weighted by molar-refractivity contribution is -0.120. The first-order chi connectivity index (χ1) is 11.0. The van der Waals surface area contributed by atoms with E-state index in [0.29, 0.717) is 30.3 Å². The van der Waals surface area contributed by atoms with Crippen molar-refractivity contribution >= 4 is 28.4 Å². The van der Waals surface area contributed by atoms with Gasteiger partial charge in [-0.05, 0) is 37.4 Å². The first-order valence-electron chi connectivity index (χ1n) is 7.47. The number of carbonyl (C=O) groups excluding carboxylic acids is 1. The average molecular weight is 332 g/mol. The van der Waals surface area contributed by atoms with E-state index in [-0.39, 0.29) is 5.91 Å². The maximum absolute atomic E-state index is 12.1. The summed E-state index contributed by atoms with van der Waals surface area (Å²) >= 11 is 6.04. The highest BCUT2D eigenvalue weighted by atomic mass is 35.5. The van der Waals surface area contributed by atoms with Crippen LogP contribution in [0.3, 0.4) is 0 Å². The van der Waals surface area contributed by atoms with Gasteiger partial charge in [0.05, 0.1) is 12.1 Å². The number of hydrogen-bond acceptors (Lipinski definition) is 3. The van der Waals surface area contributed by atoms with Crippen LogP contribution in [0.15, 0.2) is 35.0 Å². The van der Waals surface area contributed by atoms with Gasteiger partial charge in [0.25, 0.3) is 0 Å². The molecule has 23 heavy (non-hydrogen) atoms. The summed E-state index contributed by atoms with van der Waals surface area (Å²) in [6.07, 6.45) is 2.29. The largest absolute Gasteiger partial charge is 0.361 e. The maximum Gasteiger partial charge on any atom is 0.224 e. The molecule has 0 fully saturated rings. The lowest BCUT2D eigenvalue weighted by Gasteiger charge is -2.08. The van der Waals surface area contributed by atoms with Gasteiger partial charge in [-0.25, -0.2) is 0 Å². The van der Waals surface area contributed by atoms with E-state index in [0.717, 1.165) is 22.2 Å². The molecule has 1 N–H and O–H groups in total. The number of amides is 1. The van der Waals surface area contributed by atoms with Crippen LogP contribution in [-0.2, 0) is 17.8 Å². The number of aryl methyl sites for hydroxylation is 2. The third-order valence-electron chi connectivity index (χ3n) is 3.93. The second kappa shape index (κ2) is 6.46. The number of nitrogens with one attached hydrogen (secondary N) is 1. The van der Waals surface area contributed by atoms with Crippen LogP contribution in [0.4, 0.5) is 0 Å². The van der Waals surface area contributed by atoms with Gasteiger partial charge in [-0.15, -0.1) is 0 Å². The van der Waals surface area contributed by atoms with Gasteiger partial charge in [0.2, 0.25) is 5.91 Å². The van der Waals surface area contributed by atoms with Crippen molar-refractivity contribution in [3.05, 3.63) is 52.5 Å². The molecule has 120 valence electrons. The van der Waals surface area contributed by atoms with E-state index in [9.17, 15) is 4.79 Å².